The van der Waals surface area contributed by atoms with Crippen LogP contribution in [0, 0.1) is 17.3 Å². The maximum atomic E-state index is 7.15. The van der Waals surface area contributed by atoms with Gasteiger partial charge in [0.1, 0.15) is 0 Å². The van der Waals surface area contributed by atoms with Crippen molar-refractivity contribution in [1.82, 2.24) is 0 Å². The fraction of sp³-hybridized carbons (Fsp3) is 1.00. The zero-order chi connectivity index (χ0) is 15.1. The van der Waals surface area contributed by atoms with Gasteiger partial charge in [0.05, 0.1) is 5.60 Å². The Morgan fingerprint density at radius 2 is 1.95 bits per heavy atom. The lowest BCUT2D eigenvalue weighted by Crippen LogP contribution is -2.61. The summed E-state index contributed by atoms with van der Waals surface area (Å²) in [5.74, 6) is 3.79. The molecule has 0 aromatic carbocycles. The Kier molecular flexibility index (Phi) is 4.40. The minimum Gasteiger partial charge on any atom is -0.374 e. The summed E-state index contributed by atoms with van der Waals surface area (Å²) in [5, 5.41) is 0. The van der Waals surface area contributed by atoms with E-state index >= 15 is 0 Å². The third-order valence-corrected chi connectivity index (χ3v) is 7.59. The molecular weight excluding hydrogens is 278 g/mol. The van der Waals surface area contributed by atoms with E-state index in [9.17, 15) is 0 Å². The van der Waals surface area contributed by atoms with E-state index in [2.05, 4.69) is 32.5 Å². The Balaban J connectivity index is 1.82. The van der Waals surface area contributed by atoms with Crippen molar-refractivity contribution >= 4 is 11.8 Å². The molecule has 0 aromatic rings. The van der Waals surface area contributed by atoms with E-state index in [4.69, 9.17) is 10.5 Å². The summed E-state index contributed by atoms with van der Waals surface area (Å²) in [5.41, 5.74) is 7.69. The number of thioether (sulfide) groups is 1. The van der Waals surface area contributed by atoms with E-state index in [-0.39, 0.29) is 11.1 Å². The fourth-order valence-corrected chi connectivity index (χ4v) is 6.68. The molecule has 4 unspecified atom stereocenters. The van der Waals surface area contributed by atoms with Gasteiger partial charge in [0, 0.05) is 17.9 Å². The Hall–Kier alpha value is 0.270. The molecule has 0 radical (unpaired) electrons. The molecule has 1 spiro atoms. The molecular formula is C18H33NOS. The number of hydrogen-bond donors (Lipinski definition) is 1. The van der Waals surface area contributed by atoms with E-state index in [1.807, 2.05) is 0 Å². The van der Waals surface area contributed by atoms with Crippen molar-refractivity contribution < 1.29 is 4.74 Å². The van der Waals surface area contributed by atoms with E-state index in [1.165, 1.54) is 56.5 Å². The maximum Gasteiger partial charge on any atom is 0.0783 e. The molecule has 4 atom stereocenters. The van der Waals surface area contributed by atoms with Crippen LogP contribution < -0.4 is 5.73 Å². The zero-order valence-corrected chi connectivity index (χ0v) is 14.9. The topological polar surface area (TPSA) is 35.2 Å². The maximum absolute atomic E-state index is 7.15. The largest absolute Gasteiger partial charge is 0.374 e. The molecule has 21 heavy (non-hydrogen) atoms. The predicted octanol–water partition coefficient (Wildman–Crippen LogP) is 4.22. The summed E-state index contributed by atoms with van der Waals surface area (Å²) < 4.78 is 6.24. The summed E-state index contributed by atoms with van der Waals surface area (Å²) in [6, 6.07) is 0. The number of hydrogen-bond acceptors (Lipinski definition) is 3. The van der Waals surface area contributed by atoms with Crippen LogP contribution in [-0.2, 0) is 4.74 Å². The molecule has 3 aliphatic rings. The van der Waals surface area contributed by atoms with E-state index in [0.717, 1.165) is 6.61 Å². The van der Waals surface area contributed by atoms with Gasteiger partial charge >= 0.3 is 0 Å². The highest BCUT2D eigenvalue weighted by Gasteiger charge is 2.52. The first-order chi connectivity index (χ1) is 9.86. The summed E-state index contributed by atoms with van der Waals surface area (Å²) in [7, 11) is 0. The zero-order valence-electron chi connectivity index (χ0n) is 14.1. The van der Waals surface area contributed by atoms with Gasteiger partial charge in [0.2, 0.25) is 0 Å². The standard InChI is InChI=1S/C18H33NOS/c1-16(2,3)15-6-4-5-8-18(15,19)14-7-10-20-17(12-14)9-11-21-13-17/h14-15H,4-13,19H2,1-3H3. The average Bonchev–Trinajstić information content (AvgIpc) is 2.86. The second-order valence-electron chi connectivity index (χ2n) is 8.80. The quantitative estimate of drug-likeness (QED) is 0.787. The predicted molar refractivity (Wildman–Crippen MR) is 91.7 cm³/mol. The minimum atomic E-state index is 0.0422. The second-order valence-corrected chi connectivity index (χ2v) is 9.91. The Bertz CT molecular complexity index is 372. The van der Waals surface area contributed by atoms with Crippen LogP contribution in [0.15, 0.2) is 0 Å². The summed E-state index contributed by atoms with van der Waals surface area (Å²) >= 11 is 2.07. The van der Waals surface area contributed by atoms with Gasteiger partial charge in [-0.3, -0.25) is 0 Å². The molecule has 2 heterocycles. The smallest absolute Gasteiger partial charge is 0.0783 e. The van der Waals surface area contributed by atoms with Crippen LogP contribution in [0.25, 0.3) is 0 Å². The second kappa shape index (κ2) is 5.72. The van der Waals surface area contributed by atoms with Crippen LogP contribution in [-0.4, -0.2) is 29.3 Å². The van der Waals surface area contributed by atoms with Gasteiger partial charge in [0.25, 0.3) is 0 Å². The molecule has 3 fully saturated rings. The molecule has 1 aliphatic carbocycles. The molecule has 3 heteroatoms. The summed E-state index contributed by atoms with van der Waals surface area (Å²) in [6.07, 6.45) is 8.86. The van der Waals surface area contributed by atoms with Crippen molar-refractivity contribution in [2.45, 2.75) is 76.9 Å². The first kappa shape index (κ1) is 16.1. The number of rotatable bonds is 1. The molecule has 2 nitrogen and oxygen atoms in total. The Morgan fingerprint density at radius 1 is 1.14 bits per heavy atom. The molecule has 0 aromatic heterocycles. The lowest BCUT2D eigenvalue weighted by Gasteiger charge is -2.55. The van der Waals surface area contributed by atoms with Crippen LogP contribution in [0.3, 0.4) is 0 Å². The van der Waals surface area contributed by atoms with Crippen LogP contribution in [0.5, 0.6) is 0 Å². The first-order valence-electron chi connectivity index (χ1n) is 8.86. The van der Waals surface area contributed by atoms with Crippen molar-refractivity contribution in [1.29, 1.82) is 0 Å². The number of nitrogens with two attached hydrogens (primary N) is 1. The van der Waals surface area contributed by atoms with Gasteiger partial charge in [-0.1, -0.05) is 33.6 Å². The van der Waals surface area contributed by atoms with Crippen LogP contribution in [0.1, 0.15) is 65.7 Å². The van der Waals surface area contributed by atoms with E-state index in [1.54, 1.807) is 0 Å². The lowest BCUT2D eigenvalue weighted by atomic mass is 9.56. The van der Waals surface area contributed by atoms with Gasteiger partial charge in [-0.15, -0.1) is 0 Å². The molecule has 2 saturated heterocycles. The molecule has 3 rings (SSSR count). The minimum absolute atomic E-state index is 0.0422. The van der Waals surface area contributed by atoms with Gasteiger partial charge < -0.3 is 10.5 Å². The summed E-state index contributed by atoms with van der Waals surface area (Å²) in [6.45, 7) is 8.11. The highest BCUT2D eigenvalue weighted by Crippen LogP contribution is 2.52. The third kappa shape index (κ3) is 3.03. The van der Waals surface area contributed by atoms with Gasteiger partial charge in [-0.2, -0.15) is 11.8 Å². The molecule has 122 valence electrons. The normalized spacial score (nSPS) is 45.1. The third-order valence-electron chi connectivity index (χ3n) is 6.37. The number of ether oxygens (including phenoxy) is 1. The molecule has 1 saturated carbocycles. The highest BCUT2D eigenvalue weighted by molar-refractivity contribution is 7.99. The van der Waals surface area contributed by atoms with Crippen molar-refractivity contribution in [2.75, 3.05) is 18.1 Å². The van der Waals surface area contributed by atoms with Crippen molar-refractivity contribution in [2.24, 2.45) is 23.0 Å². The van der Waals surface area contributed by atoms with Crippen LogP contribution in [0.4, 0.5) is 0 Å². The van der Waals surface area contributed by atoms with Crippen molar-refractivity contribution in [3.8, 4) is 0 Å². The SMILES string of the molecule is CC(C)(C)C1CCCCC1(N)C1CCOC2(CCSC2)C1. The first-order valence-corrected chi connectivity index (χ1v) is 10.0. The Labute approximate surface area is 135 Å². The average molecular weight is 312 g/mol. The van der Waals surface area contributed by atoms with Gasteiger partial charge in [-0.25, -0.2) is 0 Å². The van der Waals surface area contributed by atoms with Gasteiger partial charge in [0.15, 0.2) is 0 Å². The Morgan fingerprint density at radius 3 is 2.62 bits per heavy atom. The van der Waals surface area contributed by atoms with E-state index < -0.39 is 0 Å². The van der Waals surface area contributed by atoms with Crippen LogP contribution >= 0.6 is 11.8 Å². The monoisotopic (exact) mass is 311 g/mol. The van der Waals surface area contributed by atoms with Crippen molar-refractivity contribution in [3.63, 3.8) is 0 Å². The summed E-state index contributed by atoms with van der Waals surface area (Å²) in [4.78, 5) is 0. The molecule has 2 N–H and O–H groups in total. The molecule has 2 aliphatic heterocycles. The fourth-order valence-electron chi connectivity index (χ4n) is 5.30. The molecule has 0 bridgehead atoms. The lowest BCUT2D eigenvalue weighted by molar-refractivity contribution is -0.109. The van der Waals surface area contributed by atoms with Crippen molar-refractivity contribution in [3.05, 3.63) is 0 Å². The highest BCUT2D eigenvalue weighted by atomic mass is 32.2. The van der Waals surface area contributed by atoms with Gasteiger partial charge in [-0.05, 0) is 55.1 Å². The van der Waals surface area contributed by atoms with E-state index in [0.29, 0.717) is 17.3 Å². The molecule has 0 amide bonds. The van der Waals surface area contributed by atoms with Crippen LogP contribution in [0.2, 0.25) is 0 Å².